The summed E-state index contributed by atoms with van der Waals surface area (Å²) in [5.41, 5.74) is 0.991. The van der Waals surface area contributed by atoms with Gasteiger partial charge in [-0.05, 0) is 42.0 Å². The lowest BCUT2D eigenvalue weighted by atomic mass is 10.2. The first kappa shape index (κ1) is 16.7. The molecule has 2 aromatic heterocycles. The van der Waals surface area contributed by atoms with E-state index < -0.39 is 0 Å². The first-order chi connectivity index (χ1) is 12.2. The number of hydrogen-bond acceptors (Lipinski definition) is 4. The molecule has 3 rings (SSSR count). The summed E-state index contributed by atoms with van der Waals surface area (Å²) in [5.74, 6) is 2.21. The smallest absolute Gasteiger partial charge is 0.318 e. The van der Waals surface area contributed by atoms with Gasteiger partial charge in [0.05, 0.1) is 32.7 Å². The van der Waals surface area contributed by atoms with Gasteiger partial charge < -0.3 is 23.8 Å². The van der Waals surface area contributed by atoms with Gasteiger partial charge in [-0.25, -0.2) is 4.79 Å². The number of carbonyl (C=O) groups excluding carboxylic acids is 1. The number of ether oxygens (including phenoxy) is 1. The standard InChI is InChI=1S/C19H20N2O4/c1-23-16-8-6-15(7-9-16)12-20-19(22)21(13-17-4-2-10-24-17)14-18-5-3-11-25-18/h2-11H,12-14H2,1H3,(H,20,22). The van der Waals surface area contributed by atoms with Crippen LogP contribution in [0.15, 0.2) is 69.9 Å². The van der Waals surface area contributed by atoms with Gasteiger partial charge in [-0.2, -0.15) is 0 Å². The lowest BCUT2D eigenvalue weighted by Crippen LogP contribution is -2.38. The van der Waals surface area contributed by atoms with Gasteiger partial charge in [0.25, 0.3) is 0 Å². The summed E-state index contributed by atoms with van der Waals surface area (Å²) in [5, 5.41) is 2.92. The third-order valence-corrected chi connectivity index (χ3v) is 3.74. The molecule has 130 valence electrons. The number of benzene rings is 1. The second-order valence-electron chi connectivity index (χ2n) is 5.52. The third-order valence-electron chi connectivity index (χ3n) is 3.74. The Labute approximate surface area is 146 Å². The Hall–Kier alpha value is -3.15. The van der Waals surface area contributed by atoms with E-state index in [1.165, 1.54) is 0 Å². The molecule has 0 bridgehead atoms. The van der Waals surface area contributed by atoms with Crippen LogP contribution in [-0.2, 0) is 19.6 Å². The molecule has 0 aliphatic heterocycles. The number of hydrogen-bond donors (Lipinski definition) is 1. The van der Waals surface area contributed by atoms with Gasteiger partial charge >= 0.3 is 6.03 Å². The van der Waals surface area contributed by atoms with Crippen LogP contribution in [0.25, 0.3) is 0 Å². The lowest BCUT2D eigenvalue weighted by Gasteiger charge is -2.21. The third kappa shape index (κ3) is 4.67. The zero-order valence-electron chi connectivity index (χ0n) is 14.0. The van der Waals surface area contributed by atoms with Crippen molar-refractivity contribution in [2.75, 3.05) is 7.11 Å². The van der Waals surface area contributed by atoms with E-state index in [1.54, 1.807) is 36.7 Å². The molecule has 0 radical (unpaired) electrons. The lowest BCUT2D eigenvalue weighted by molar-refractivity contribution is 0.181. The Morgan fingerprint density at radius 2 is 1.60 bits per heavy atom. The van der Waals surface area contributed by atoms with Crippen molar-refractivity contribution in [2.45, 2.75) is 19.6 Å². The molecule has 0 atom stereocenters. The molecule has 6 heteroatoms. The van der Waals surface area contributed by atoms with Crippen molar-refractivity contribution in [1.82, 2.24) is 10.2 Å². The number of furan rings is 2. The number of nitrogens with zero attached hydrogens (tertiary/aromatic N) is 1. The Balaban J connectivity index is 1.62. The highest BCUT2D eigenvalue weighted by molar-refractivity contribution is 5.74. The molecule has 6 nitrogen and oxygen atoms in total. The molecule has 3 aromatic rings. The number of rotatable bonds is 7. The highest BCUT2D eigenvalue weighted by Gasteiger charge is 2.17. The maximum Gasteiger partial charge on any atom is 0.318 e. The van der Waals surface area contributed by atoms with Crippen LogP contribution in [-0.4, -0.2) is 18.0 Å². The monoisotopic (exact) mass is 340 g/mol. The van der Waals surface area contributed by atoms with E-state index >= 15 is 0 Å². The van der Waals surface area contributed by atoms with Crippen LogP contribution in [0.2, 0.25) is 0 Å². The van der Waals surface area contributed by atoms with Crippen molar-refractivity contribution in [2.24, 2.45) is 0 Å². The zero-order valence-corrected chi connectivity index (χ0v) is 14.0. The second-order valence-corrected chi connectivity index (χ2v) is 5.52. The molecule has 1 N–H and O–H groups in total. The van der Waals surface area contributed by atoms with Crippen molar-refractivity contribution >= 4 is 6.03 Å². The van der Waals surface area contributed by atoms with Crippen LogP contribution in [0.5, 0.6) is 5.75 Å². The summed E-state index contributed by atoms with van der Waals surface area (Å²) in [6, 6.07) is 14.7. The first-order valence-corrected chi connectivity index (χ1v) is 7.95. The van der Waals surface area contributed by atoms with Gasteiger partial charge in [-0.15, -0.1) is 0 Å². The molecule has 0 saturated carbocycles. The topological polar surface area (TPSA) is 67.8 Å². The normalized spacial score (nSPS) is 10.4. The van der Waals surface area contributed by atoms with Crippen LogP contribution in [0.3, 0.4) is 0 Å². The minimum Gasteiger partial charge on any atom is -0.497 e. The molecule has 2 heterocycles. The maximum atomic E-state index is 12.6. The summed E-state index contributed by atoms with van der Waals surface area (Å²) in [6.45, 7) is 1.15. The molecule has 2 amide bonds. The predicted octanol–water partition coefficient (Wildman–Crippen LogP) is 3.79. The number of methoxy groups -OCH3 is 1. The molecule has 0 aliphatic carbocycles. The molecule has 0 spiro atoms. The maximum absolute atomic E-state index is 12.6. The largest absolute Gasteiger partial charge is 0.497 e. The van der Waals surface area contributed by atoms with Crippen LogP contribution in [0.1, 0.15) is 17.1 Å². The molecule has 0 aliphatic rings. The fraction of sp³-hybridized carbons (Fsp3) is 0.211. The second kappa shape index (κ2) is 8.10. The number of nitrogens with one attached hydrogen (secondary N) is 1. The van der Waals surface area contributed by atoms with Gasteiger partial charge in [-0.3, -0.25) is 0 Å². The minimum atomic E-state index is -0.191. The van der Waals surface area contributed by atoms with Crippen LogP contribution in [0.4, 0.5) is 4.79 Å². The Morgan fingerprint density at radius 1 is 1.00 bits per heavy atom. The van der Waals surface area contributed by atoms with E-state index in [9.17, 15) is 4.79 Å². The average molecular weight is 340 g/mol. The number of urea groups is 1. The summed E-state index contributed by atoms with van der Waals surface area (Å²) in [4.78, 5) is 14.2. The van der Waals surface area contributed by atoms with Gasteiger partial charge in [0.2, 0.25) is 0 Å². The molecule has 1 aromatic carbocycles. The van der Waals surface area contributed by atoms with E-state index in [4.69, 9.17) is 13.6 Å². The fourth-order valence-electron chi connectivity index (χ4n) is 2.41. The summed E-state index contributed by atoms with van der Waals surface area (Å²) >= 11 is 0. The van der Waals surface area contributed by atoms with Crippen molar-refractivity contribution in [3.63, 3.8) is 0 Å². The van der Waals surface area contributed by atoms with Crippen molar-refractivity contribution in [3.05, 3.63) is 78.1 Å². The summed E-state index contributed by atoms with van der Waals surface area (Å²) in [7, 11) is 1.62. The van der Waals surface area contributed by atoms with Crippen LogP contribution in [0, 0.1) is 0 Å². The highest BCUT2D eigenvalue weighted by atomic mass is 16.5. The summed E-state index contributed by atoms with van der Waals surface area (Å²) in [6.07, 6.45) is 3.19. The quantitative estimate of drug-likeness (QED) is 0.710. The number of amides is 2. The number of carbonyl (C=O) groups is 1. The van der Waals surface area contributed by atoms with Crippen LogP contribution >= 0.6 is 0 Å². The molecule has 25 heavy (non-hydrogen) atoms. The molecule has 0 saturated heterocycles. The van der Waals surface area contributed by atoms with E-state index in [0.717, 1.165) is 11.3 Å². The Bertz CT molecular complexity index is 728. The zero-order chi connectivity index (χ0) is 17.5. The molecular formula is C19H20N2O4. The van der Waals surface area contributed by atoms with Crippen molar-refractivity contribution < 1.29 is 18.4 Å². The van der Waals surface area contributed by atoms with Crippen molar-refractivity contribution in [1.29, 1.82) is 0 Å². The van der Waals surface area contributed by atoms with E-state index in [1.807, 2.05) is 36.4 Å². The van der Waals surface area contributed by atoms with Gasteiger partial charge in [0.15, 0.2) is 0 Å². The van der Waals surface area contributed by atoms with E-state index in [2.05, 4.69) is 5.32 Å². The average Bonchev–Trinajstić information content (AvgIpc) is 3.33. The van der Waals surface area contributed by atoms with Gasteiger partial charge in [0, 0.05) is 6.54 Å². The fourth-order valence-corrected chi connectivity index (χ4v) is 2.41. The Kier molecular flexibility index (Phi) is 5.41. The SMILES string of the molecule is COc1ccc(CNC(=O)N(Cc2ccco2)Cc2ccco2)cc1. The molecule has 0 fully saturated rings. The summed E-state index contributed by atoms with van der Waals surface area (Å²) < 4.78 is 15.8. The minimum absolute atomic E-state index is 0.191. The molecular weight excluding hydrogens is 320 g/mol. The highest BCUT2D eigenvalue weighted by Crippen LogP contribution is 2.13. The van der Waals surface area contributed by atoms with E-state index in [0.29, 0.717) is 31.2 Å². The van der Waals surface area contributed by atoms with Gasteiger partial charge in [-0.1, -0.05) is 12.1 Å². The first-order valence-electron chi connectivity index (χ1n) is 7.95. The van der Waals surface area contributed by atoms with Crippen molar-refractivity contribution in [3.8, 4) is 5.75 Å². The van der Waals surface area contributed by atoms with Crippen LogP contribution < -0.4 is 10.1 Å². The molecule has 0 unspecified atom stereocenters. The van der Waals surface area contributed by atoms with Gasteiger partial charge in [0.1, 0.15) is 17.3 Å². The van der Waals surface area contributed by atoms with E-state index in [-0.39, 0.29) is 6.03 Å². The predicted molar refractivity (Wildman–Crippen MR) is 91.9 cm³/mol. The Morgan fingerprint density at radius 3 is 2.08 bits per heavy atom.